The Balaban J connectivity index is 1.98. The van der Waals surface area contributed by atoms with Gasteiger partial charge in [0.15, 0.2) is 23.3 Å². The Morgan fingerprint density at radius 2 is 1.96 bits per heavy atom. The molecule has 10 heteroatoms. The second-order valence-electron chi connectivity index (χ2n) is 5.77. The molecule has 27 heavy (non-hydrogen) atoms. The third-order valence-electron chi connectivity index (χ3n) is 3.65. The number of nitrogens with zero attached hydrogens (tertiary/aromatic N) is 2. The molecule has 0 radical (unpaired) electrons. The molecule has 0 spiro atoms. The van der Waals surface area contributed by atoms with Gasteiger partial charge in [0.05, 0.1) is 6.54 Å². The van der Waals surface area contributed by atoms with Crippen LogP contribution >= 0.6 is 11.3 Å². The lowest BCUT2D eigenvalue weighted by atomic mass is 10.0. The predicted octanol–water partition coefficient (Wildman–Crippen LogP) is 4.30. The van der Waals surface area contributed by atoms with Gasteiger partial charge in [0.1, 0.15) is 5.01 Å². The molecule has 0 fully saturated rings. The lowest BCUT2D eigenvalue weighted by Crippen LogP contribution is -2.39. The van der Waals surface area contributed by atoms with Crippen molar-refractivity contribution in [3.8, 4) is 0 Å². The average molecular weight is 406 g/mol. The fourth-order valence-electron chi connectivity index (χ4n) is 2.19. The molecule has 148 valence electrons. The highest BCUT2D eigenvalue weighted by atomic mass is 32.1. The van der Waals surface area contributed by atoms with Crippen LogP contribution in [0.4, 0.5) is 22.0 Å². The van der Waals surface area contributed by atoms with Crippen LogP contribution in [0.1, 0.15) is 36.0 Å². The normalized spacial score (nSPS) is 13.5. The van der Waals surface area contributed by atoms with Gasteiger partial charge in [0.25, 0.3) is 0 Å². The zero-order valence-corrected chi connectivity index (χ0v) is 15.5. The summed E-state index contributed by atoms with van der Waals surface area (Å²) in [4.78, 5) is 7.75. The van der Waals surface area contributed by atoms with Crippen molar-refractivity contribution in [2.75, 3.05) is 13.1 Å². The molecular formula is C17H19F5N4S. The van der Waals surface area contributed by atoms with Crippen molar-refractivity contribution in [3.05, 3.63) is 51.5 Å². The number of benzene rings is 1. The second kappa shape index (κ2) is 9.12. The van der Waals surface area contributed by atoms with Crippen LogP contribution in [0.3, 0.4) is 0 Å². The van der Waals surface area contributed by atoms with Gasteiger partial charge >= 0.3 is 6.18 Å². The van der Waals surface area contributed by atoms with Gasteiger partial charge in [0, 0.05) is 18.5 Å². The summed E-state index contributed by atoms with van der Waals surface area (Å²) in [7, 11) is 0. The first kappa shape index (κ1) is 21.1. The molecule has 2 N–H and O–H groups in total. The minimum atomic E-state index is -4.47. The van der Waals surface area contributed by atoms with Crippen LogP contribution in [0, 0.1) is 11.6 Å². The van der Waals surface area contributed by atoms with Crippen molar-refractivity contribution < 1.29 is 22.0 Å². The molecule has 0 saturated heterocycles. The number of nitrogens with one attached hydrogen (secondary N) is 2. The van der Waals surface area contributed by atoms with Crippen molar-refractivity contribution in [2.45, 2.75) is 32.5 Å². The van der Waals surface area contributed by atoms with E-state index in [-0.39, 0.29) is 17.5 Å². The quantitative estimate of drug-likeness (QED) is 0.427. The van der Waals surface area contributed by atoms with Gasteiger partial charge in [-0.05, 0) is 30.5 Å². The molecule has 0 aliphatic heterocycles. The SMILES string of the molecule is CCNC(=NCc1nc(C(F)(F)F)cs1)NCC(C)c1ccc(F)c(F)c1. The molecule has 1 aromatic carbocycles. The molecule has 1 atom stereocenters. The molecule has 0 saturated carbocycles. The van der Waals surface area contributed by atoms with Gasteiger partial charge in [-0.15, -0.1) is 11.3 Å². The first-order chi connectivity index (χ1) is 12.7. The molecule has 4 nitrogen and oxygen atoms in total. The van der Waals surface area contributed by atoms with Crippen molar-refractivity contribution in [2.24, 2.45) is 4.99 Å². The number of guanidine groups is 1. The van der Waals surface area contributed by atoms with E-state index in [4.69, 9.17) is 0 Å². The highest BCUT2D eigenvalue weighted by molar-refractivity contribution is 7.09. The van der Waals surface area contributed by atoms with Crippen molar-refractivity contribution in [3.63, 3.8) is 0 Å². The smallest absolute Gasteiger partial charge is 0.357 e. The van der Waals surface area contributed by atoms with E-state index >= 15 is 0 Å². The Morgan fingerprint density at radius 1 is 1.22 bits per heavy atom. The molecule has 1 aromatic heterocycles. The number of hydrogen-bond acceptors (Lipinski definition) is 3. The van der Waals surface area contributed by atoms with E-state index in [0.29, 0.717) is 24.6 Å². The Morgan fingerprint density at radius 3 is 2.56 bits per heavy atom. The summed E-state index contributed by atoms with van der Waals surface area (Å²) < 4.78 is 64.1. The van der Waals surface area contributed by atoms with Gasteiger partial charge in [-0.3, -0.25) is 0 Å². The van der Waals surface area contributed by atoms with E-state index in [2.05, 4.69) is 20.6 Å². The number of hydrogen-bond donors (Lipinski definition) is 2. The molecule has 1 unspecified atom stereocenters. The highest BCUT2D eigenvalue weighted by Gasteiger charge is 2.33. The van der Waals surface area contributed by atoms with E-state index < -0.39 is 23.5 Å². The summed E-state index contributed by atoms with van der Waals surface area (Å²) >= 11 is 0.890. The van der Waals surface area contributed by atoms with Gasteiger partial charge in [-0.1, -0.05) is 13.0 Å². The monoisotopic (exact) mass is 406 g/mol. The molecule has 2 rings (SSSR count). The van der Waals surface area contributed by atoms with Crippen LogP contribution in [-0.4, -0.2) is 24.0 Å². The van der Waals surface area contributed by atoms with Gasteiger partial charge in [-0.25, -0.2) is 18.8 Å². The van der Waals surface area contributed by atoms with Gasteiger partial charge in [0.2, 0.25) is 0 Å². The summed E-state index contributed by atoms with van der Waals surface area (Å²) in [5, 5.41) is 7.21. The van der Waals surface area contributed by atoms with Crippen LogP contribution in [0.15, 0.2) is 28.6 Å². The molecule has 0 bridgehead atoms. The predicted molar refractivity (Wildman–Crippen MR) is 94.7 cm³/mol. The van der Waals surface area contributed by atoms with E-state index in [1.807, 2.05) is 13.8 Å². The molecule has 1 heterocycles. The van der Waals surface area contributed by atoms with E-state index in [0.717, 1.165) is 28.8 Å². The average Bonchev–Trinajstić information content (AvgIpc) is 3.09. The van der Waals surface area contributed by atoms with Gasteiger partial charge in [-0.2, -0.15) is 13.2 Å². The fraction of sp³-hybridized carbons (Fsp3) is 0.412. The fourth-order valence-corrected chi connectivity index (χ4v) is 2.91. The Bertz CT molecular complexity index is 788. The molecule has 0 aliphatic rings. The number of alkyl halides is 3. The zero-order valence-electron chi connectivity index (χ0n) is 14.7. The van der Waals surface area contributed by atoms with Crippen LogP contribution in [0.2, 0.25) is 0 Å². The number of rotatable bonds is 6. The largest absolute Gasteiger partial charge is 0.434 e. The zero-order chi connectivity index (χ0) is 20.0. The Labute approximate surface area is 157 Å². The molecule has 0 aliphatic carbocycles. The summed E-state index contributed by atoms with van der Waals surface area (Å²) in [6.07, 6.45) is -4.47. The maximum absolute atomic E-state index is 13.3. The van der Waals surface area contributed by atoms with Crippen LogP contribution in [0.5, 0.6) is 0 Å². The topological polar surface area (TPSA) is 49.3 Å². The standard InChI is InChI=1S/C17H19F5N4S/c1-3-23-16(25-8-15-26-14(9-27-15)17(20,21)22)24-7-10(2)11-4-5-12(18)13(19)6-11/h4-6,9-10H,3,7-8H2,1-2H3,(H2,23,24,25). The summed E-state index contributed by atoms with van der Waals surface area (Å²) in [5.41, 5.74) is -0.311. The van der Waals surface area contributed by atoms with E-state index in [1.54, 1.807) is 0 Å². The summed E-state index contributed by atoms with van der Waals surface area (Å²) in [6, 6.07) is 3.71. The maximum atomic E-state index is 13.3. The van der Waals surface area contributed by atoms with Gasteiger partial charge < -0.3 is 10.6 Å². The van der Waals surface area contributed by atoms with Crippen LogP contribution < -0.4 is 10.6 Å². The summed E-state index contributed by atoms with van der Waals surface area (Å²) in [5.74, 6) is -1.56. The lowest BCUT2D eigenvalue weighted by molar-refractivity contribution is -0.140. The Hall–Kier alpha value is -2.23. The van der Waals surface area contributed by atoms with Crippen molar-refractivity contribution in [1.29, 1.82) is 0 Å². The third kappa shape index (κ3) is 6.16. The molecule has 0 amide bonds. The maximum Gasteiger partial charge on any atom is 0.434 e. The molecular weight excluding hydrogens is 387 g/mol. The minimum Gasteiger partial charge on any atom is -0.357 e. The first-order valence-electron chi connectivity index (χ1n) is 8.19. The van der Waals surface area contributed by atoms with Crippen molar-refractivity contribution in [1.82, 2.24) is 15.6 Å². The number of aromatic nitrogens is 1. The second-order valence-corrected chi connectivity index (χ2v) is 6.72. The number of thiazole rings is 1. The number of halogens is 5. The van der Waals surface area contributed by atoms with Crippen LogP contribution in [0.25, 0.3) is 0 Å². The third-order valence-corrected chi connectivity index (χ3v) is 4.48. The molecule has 2 aromatic rings. The first-order valence-corrected chi connectivity index (χ1v) is 9.07. The van der Waals surface area contributed by atoms with Crippen LogP contribution in [-0.2, 0) is 12.7 Å². The highest BCUT2D eigenvalue weighted by Crippen LogP contribution is 2.30. The number of aliphatic imine (C=N–C) groups is 1. The van der Waals surface area contributed by atoms with E-state index in [9.17, 15) is 22.0 Å². The summed E-state index contributed by atoms with van der Waals surface area (Å²) in [6.45, 7) is 4.61. The lowest BCUT2D eigenvalue weighted by Gasteiger charge is -2.16. The Kier molecular flexibility index (Phi) is 7.11. The van der Waals surface area contributed by atoms with E-state index in [1.165, 1.54) is 6.07 Å². The van der Waals surface area contributed by atoms with Crippen molar-refractivity contribution >= 4 is 17.3 Å². The minimum absolute atomic E-state index is 0.00433.